The number of aliphatic imine (C=N–C) groups is 1. The smallest absolute Gasteiger partial charge is 0.192 e. The second-order valence-electron chi connectivity index (χ2n) is 9.21. The first-order chi connectivity index (χ1) is 15.1. The third-order valence-electron chi connectivity index (χ3n) is 6.78. The van der Waals surface area contributed by atoms with Crippen LogP contribution in [0.15, 0.2) is 35.3 Å². The minimum atomic E-state index is 0. The van der Waals surface area contributed by atoms with E-state index in [9.17, 15) is 0 Å². The number of halogens is 1. The molecule has 2 N–H and O–H groups in total. The summed E-state index contributed by atoms with van der Waals surface area (Å²) in [6, 6.07) is 12.2. The molecule has 32 heavy (non-hydrogen) atoms. The van der Waals surface area contributed by atoms with Crippen LogP contribution in [0.25, 0.3) is 0 Å². The van der Waals surface area contributed by atoms with E-state index >= 15 is 0 Å². The first kappa shape index (κ1) is 25.0. The summed E-state index contributed by atoms with van der Waals surface area (Å²) in [7, 11) is 2.00. The molecule has 2 heterocycles. The summed E-state index contributed by atoms with van der Waals surface area (Å²) in [6.07, 6.45) is 7.54. The molecule has 176 valence electrons. The Balaban J connectivity index is 0.00000289. The second kappa shape index (κ2) is 12.0. The van der Waals surface area contributed by atoms with Crippen LogP contribution in [0.3, 0.4) is 0 Å². The van der Waals surface area contributed by atoms with Crippen molar-refractivity contribution in [1.82, 2.24) is 30.3 Å². The molecule has 7 nitrogen and oxygen atoms in total. The normalized spacial score (nSPS) is 22.5. The molecule has 2 unspecified atom stereocenters. The Labute approximate surface area is 209 Å². The van der Waals surface area contributed by atoms with E-state index in [2.05, 4.69) is 63.0 Å². The van der Waals surface area contributed by atoms with E-state index in [0.717, 1.165) is 37.1 Å². The molecule has 0 bridgehead atoms. The van der Waals surface area contributed by atoms with Crippen molar-refractivity contribution in [3.63, 3.8) is 0 Å². The van der Waals surface area contributed by atoms with Crippen molar-refractivity contribution >= 4 is 29.9 Å². The number of nitrogens with one attached hydrogen (secondary N) is 2. The lowest BCUT2D eigenvalue weighted by molar-refractivity contribution is 0.258. The minimum Gasteiger partial charge on any atom is -0.354 e. The van der Waals surface area contributed by atoms with Gasteiger partial charge in [0, 0.05) is 38.3 Å². The first-order valence-corrected chi connectivity index (χ1v) is 11.8. The number of aromatic nitrogens is 3. The maximum Gasteiger partial charge on any atom is 0.192 e. The Morgan fingerprint density at radius 1 is 1.06 bits per heavy atom. The van der Waals surface area contributed by atoms with E-state index in [1.807, 2.05) is 18.5 Å². The molecule has 1 saturated heterocycles. The number of benzene rings is 1. The first-order valence-electron chi connectivity index (χ1n) is 11.8. The maximum atomic E-state index is 4.91. The molecule has 4 rings (SSSR count). The van der Waals surface area contributed by atoms with Crippen LogP contribution in [-0.4, -0.2) is 50.3 Å². The molecule has 2 atom stereocenters. The minimum absolute atomic E-state index is 0. The predicted molar refractivity (Wildman–Crippen MR) is 140 cm³/mol. The van der Waals surface area contributed by atoms with Gasteiger partial charge in [0.25, 0.3) is 0 Å². The number of hydrogen-bond acceptors (Lipinski definition) is 4. The molecule has 1 saturated carbocycles. The summed E-state index contributed by atoms with van der Waals surface area (Å²) in [5.41, 5.74) is 1.38. The van der Waals surface area contributed by atoms with Crippen molar-refractivity contribution in [3.8, 4) is 0 Å². The lowest BCUT2D eigenvalue weighted by Gasteiger charge is -2.26. The standard InChI is InChI=1S/C24H37N7.HI/c1-18-14-22(17-31(18)16-20-10-6-4-7-11-20)27-24(26-21-12-8-5-9-13-21)25-15-23-29-28-19(2)30(23)3;/h4,6-7,10-11,18,21-22H,5,8-9,12-17H2,1-3H3,(H2,25,26,27);1H. The molecule has 1 aliphatic carbocycles. The van der Waals surface area contributed by atoms with E-state index in [1.54, 1.807) is 0 Å². The number of guanidine groups is 1. The van der Waals surface area contributed by atoms with Gasteiger partial charge in [0.2, 0.25) is 0 Å². The number of likely N-dealkylation sites (tertiary alicyclic amines) is 1. The van der Waals surface area contributed by atoms with Crippen LogP contribution in [0.4, 0.5) is 0 Å². The molecule has 1 aromatic heterocycles. The van der Waals surface area contributed by atoms with Crippen LogP contribution in [0.5, 0.6) is 0 Å². The summed E-state index contributed by atoms with van der Waals surface area (Å²) >= 11 is 0. The lowest BCUT2D eigenvalue weighted by Crippen LogP contribution is -2.48. The average Bonchev–Trinajstić information content (AvgIpc) is 3.29. The Morgan fingerprint density at radius 2 is 1.78 bits per heavy atom. The van der Waals surface area contributed by atoms with Gasteiger partial charge in [-0.1, -0.05) is 49.6 Å². The molecule has 0 amide bonds. The predicted octanol–water partition coefficient (Wildman–Crippen LogP) is 3.77. The van der Waals surface area contributed by atoms with Crippen molar-refractivity contribution in [3.05, 3.63) is 47.5 Å². The van der Waals surface area contributed by atoms with Crippen LogP contribution in [0.2, 0.25) is 0 Å². The van der Waals surface area contributed by atoms with Gasteiger partial charge in [0.05, 0.1) is 0 Å². The Hall–Kier alpha value is -1.68. The molecule has 1 aromatic carbocycles. The Bertz CT molecular complexity index is 860. The number of hydrogen-bond donors (Lipinski definition) is 2. The van der Waals surface area contributed by atoms with Crippen molar-refractivity contribution in [2.45, 2.75) is 83.6 Å². The third-order valence-corrected chi connectivity index (χ3v) is 6.78. The quantitative estimate of drug-likeness (QED) is 0.325. The zero-order chi connectivity index (χ0) is 21.6. The fourth-order valence-electron chi connectivity index (χ4n) is 4.75. The second-order valence-corrected chi connectivity index (χ2v) is 9.21. The van der Waals surface area contributed by atoms with Gasteiger partial charge in [-0.2, -0.15) is 0 Å². The summed E-state index contributed by atoms with van der Waals surface area (Å²) in [5, 5.41) is 15.9. The topological polar surface area (TPSA) is 70.4 Å². The van der Waals surface area contributed by atoms with Crippen molar-refractivity contribution in [2.24, 2.45) is 12.0 Å². The van der Waals surface area contributed by atoms with Gasteiger partial charge < -0.3 is 15.2 Å². The summed E-state index contributed by atoms with van der Waals surface area (Å²) in [6.45, 7) is 6.88. The SMILES string of the molecule is Cc1nnc(CN=C(NC2CCCCC2)NC2CC(C)N(Cc3ccccc3)C2)n1C.I. The van der Waals surface area contributed by atoms with E-state index in [0.29, 0.717) is 24.7 Å². The number of rotatable bonds is 6. The Morgan fingerprint density at radius 3 is 2.47 bits per heavy atom. The van der Waals surface area contributed by atoms with E-state index < -0.39 is 0 Å². The monoisotopic (exact) mass is 551 g/mol. The van der Waals surface area contributed by atoms with E-state index in [-0.39, 0.29) is 24.0 Å². The van der Waals surface area contributed by atoms with Crippen LogP contribution in [0.1, 0.15) is 62.7 Å². The Kier molecular flexibility index (Phi) is 9.34. The fourth-order valence-corrected chi connectivity index (χ4v) is 4.75. The molecule has 2 aliphatic rings. The molecule has 0 radical (unpaired) electrons. The van der Waals surface area contributed by atoms with Crippen LogP contribution in [0, 0.1) is 6.92 Å². The molecule has 2 fully saturated rings. The van der Waals surface area contributed by atoms with E-state index in [1.165, 1.54) is 37.7 Å². The average molecular weight is 552 g/mol. The van der Waals surface area contributed by atoms with Gasteiger partial charge >= 0.3 is 0 Å². The van der Waals surface area contributed by atoms with Crippen molar-refractivity contribution in [1.29, 1.82) is 0 Å². The van der Waals surface area contributed by atoms with Crippen molar-refractivity contribution < 1.29 is 0 Å². The summed E-state index contributed by atoms with van der Waals surface area (Å²) in [4.78, 5) is 7.48. The molecule has 1 aliphatic heterocycles. The number of nitrogens with zero attached hydrogens (tertiary/aromatic N) is 5. The fraction of sp³-hybridized carbons (Fsp3) is 0.625. The van der Waals surface area contributed by atoms with Crippen LogP contribution in [-0.2, 0) is 20.1 Å². The highest BCUT2D eigenvalue weighted by Crippen LogP contribution is 2.21. The van der Waals surface area contributed by atoms with Crippen LogP contribution < -0.4 is 10.6 Å². The maximum absolute atomic E-state index is 4.91. The van der Waals surface area contributed by atoms with Gasteiger partial charge in [-0.15, -0.1) is 34.2 Å². The molecule has 2 aromatic rings. The highest BCUT2D eigenvalue weighted by atomic mass is 127. The largest absolute Gasteiger partial charge is 0.354 e. The van der Waals surface area contributed by atoms with Crippen LogP contribution >= 0.6 is 24.0 Å². The highest BCUT2D eigenvalue weighted by molar-refractivity contribution is 14.0. The van der Waals surface area contributed by atoms with Gasteiger partial charge in [-0.3, -0.25) is 4.90 Å². The van der Waals surface area contributed by atoms with Gasteiger partial charge in [0.15, 0.2) is 11.8 Å². The third kappa shape index (κ3) is 6.66. The zero-order valence-electron chi connectivity index (χ0n) is 19.6. The number of aryl methyl sites for hydroxylation is 1. The molecular weight excluding hydrogens is 513 g/mol. The summed E-state index contributed by atoms with van der Waals surface area (Å²) < 4.78 is 2.01. The van der Waals surface area contributed by atoms with Gasteiger partial charge in [0.1, 0.15) is 12.4 Å². The molecule has 0 spiro atoms. The van der Waals surface area contributed by atoms with E-state index in [4.69, 9.17) is 4.99 Å². The lowest BCUT2D eigenvalue weighted by atomic mass is 9.96. The summed E-state index contributed by atoms with van der Waals surface area (Å²) in [5.74, 6) is 2.74. The molecule has 8 heteroatoms. The van der Waals surface area contributed by atoms with Gasteiger partial charge in [-0.25, -0.2) is 4.99 Å². The highest BCUT2D eigenvalue weighted by Gasteiger charge is 2.30. The van der Waals surface area contributed by atoms with Gasteiger partial charge in [-0.05, 0) is 38.7 Å². The molecular formula is C24H38IN7. The van der Waals surface area contributed by atoms with Crippen molar-refractivity contribution in [2.75, 3.05) is 6.54 Å². The zero-order valence-corrected chi connectivity index (χ0v) is 22.0.